The summed E-state index contributed by atoms with van der Waals surface area (Å²) >= 11 is 0. The minimum absolute atomic E-state index is 0.185. The predicted molar refractivity (Wildman–Crippen MR) is 59.3 cm³/mol. The number of hydrogen-bond donors (Lipinski definition) is 3. The van der Waals surface area contributed by atoms with Gasteiger partial charge in [0.05, 0.1) is 6.10 Å². The van der Waals surface area contributed by atoms with Crippen LogP contribution in [0.5, 0.6) is 0 Å². The lowest BCUT2D eigenvalue weighted by molar-refractivity contribution is -0.142. The SMILES string of the molecule is O=C(O)[C@H]1NCCC1OCCCCCCO. The number of unbranched alkanes of at least 4 members (excludes halogenated alkanes) is 3. The van der Waals surface area contributed by atoms with Crippen LogP contribution in [0.2, 0.25) is 0 Å². The molecule has 1 fully saturated rings. The minimum atomic E-state index is -0.831. The maximum atomic E-state index is 10.8. The zero-order valence-electron chi connectivity index (χ0n) is 9.52. The molecule has 0 aromatic rings. The van der Waals surface area contributed by atoms with Gasteiger partial charge in [-0.15, -0.1) is 0 Å². The molecule has 5 heteroatoms. The number of carbonyl (C=O) groups is 1. The molecule has 0 aliphatic carbocycles. The lowest BCUT2D eigenvalue weighted by Gasteiger charge is -2.16. The number of nitrogens with one attached hydrogen (secondary N) is 1. The first-order chi connectivity index (χ1) is 7.75. The van der Waals surface area contributed by atoms with Gasteiger partial charge in [-0.1, -0.05) is 12.8 Å². The van der Waals surface area contributed by atoms with Crippen LogP contribution in [0.4, 0.5) is 0 Å². The zero-order valence-corrected chi connectivity index (χ0v) is 9.52. The van der Waals surface area contributed by atoms with E-state index in [2.05, 4.69) is 5.32 Å². The van der Waals surface area contributed by atoms with Crippen molar-refractivity contribution in [1.82, 2.24) is 5.32 Å². The molecule has 0 aromatic carbocycles. The molecule has 0 spiro atoms. The third kappa shape index (κ3) is 4.47. The number of hydrogen-bond acceptors (Lipinski definition) is 4. The smallest absolute Gasteiger partial charge is 0.323 e. The van der Waals surface area contributed by atoms with Crippen LogP contribution in [0.15, 0.2) is 0 Å². The summed E-state index contributed by atoms with van der Waals surface area (Å²) in [5, 5.41) is 20.4. The molecule has 0 radical (unpaired) electrons. The summed E-state index contributed by atoms with van der Waals surface area (Å²) in [4.78, 5) is 10.8. The van der Waals surface area contributed by atoms with E-state index in [9.17, 15) is 4.79 Å². The molecule has 5 nitrogen and oxygen atoms in total. The Labute approximate surface area is 95.8 Å². The van der Waals surface area contributed by atoms with Gasteiger partial charge in [0.15, 0.2) is 0 Å². The van der Waals surface area contributed by atoms with Gasteiger partial charge in [0, 0.05) is 13.2 Å². The van der Waals surface area contributed by atoms with Gasteiger partial charge in [0.2, 0.25) is 0 Å². The van der Waals surface area contributed by atoms with Crippen molar-refractivity contribution in [3.8, 4) is 0 Å². The molecule has 0 saturated carbocycles. The summed E-state index contributed by atoms with van der Waals surface area (Å²) in [7, 11) is 0. The summed E-state index contributed by atoms with van der Waals surface area (Å²) in [6.07, 6.45) is 4.39. The van der Waals surface area contributed by atoms with Crippen molar-refractivity contribution in [3.05, 3.63) is 0 Å². The highest BCUT2D eigenvalue weighted by Gasteiger charge is 2.32. The van der Waals surface area contributed by atoms with Crippen molar-refractivity contribution in [3.63, 3.8) is 0 Å². The number of ether oxygens (including phenoxy) is 1. The number of carboxylic acid groups (broad SMARTS) is 1. The largest absolute Gasteiger partial charge is 0.480 e. The van der Waals surface area contributed by atoms with Crippen LogP contribution in [0.3, 0.4) is 0 Å². The maximum absolute atomic E-state index is 10.8. The molecule has 16 heavy (non-hydrogen) atoms. The lowest BCUT2D eigenvalue weighted by Crippen LogP contribution is -2.39. The van der Waals surface area contributed by atoms with Crippen LogP contribution in [0.25, 0.3) is 0 Å². The highest BCUT2D eigenvalue weighted by molar-refractivity contribution is 5.74. The fraction of sp³-hybridized carbons (Fsp3) is 0.909. The molecular weight excluding hydrogens is 210 g/mol. The van der Waals surface area contributed by atoms with Crippen molar-refractivity contribution in [2.45, 2.75) is 44.2 Å². The third-order valence-electron chi connectivity index (χ3n) is 2.82. The van der Waals surface area contributed by atoms with Gasteiger partial charge < -0.3 is 20.3 Å². The van der Waals surface area contributed by atoms with Crippen molar-refractivity contribution in [2.24, 2.45) is 0 Å². The second-order valence-electron chi connectivity index (χ2n) is 4.11. The Kier molecular flexibility index (Phi) is 6.37. The molecular formula is C11H21NO4. The first kappa shape index (κ1) is 13.4. The monoisotopic (exact) mass is 231 g/mol. The standard InChI is InChI=1S/C11H21NO4/c13-7-3-1-2-4-8-16-9-5-6-12-10(9)11(14)15/h9-10,12-13H,1-8H2,(H,14,15)/t9?,10-/m0/s1. The maximum Gasteiger partial charge on any atom is 0.323 e. The Morgan fingerprint density at radius 2 is 2.06 bits per heavy atom. The average molecular weight is 231 g/mol. The van der Waals surface area contributed by atoms with Gasteiger partial charge >= 0.3 is 5.97 Å². The van der Waals surface area contributed by atoms with Crippen LogP contribution >= 0.6 is 0 Å². The first-order valence-corrected chi connectivity index (χ1v) is 5.94. The Bertz CT molecular complexity index is 210. The van der Waals surface area contributed by atoms with Crippen LogP contribution in [0.1, 0.15) is 32.1 Å². The summed E-state index contributed by atoms with van der Waals surface area (Å²) in [6.45, 7) is 1.57. The number of carboxylic acids is 1. The highest BCUT2D eigenvalue weighted by Crippen LogP contribution is 2.12. The molecule has 3 N–H and O–H groups in total. The van der Waals surface area contributed by atoms with E-state index >= 15 is 0 Å². The molecule has 0 amide bonds. The molecule has 94 valence electrons. The van der Waals surface area contributed by atoms with Crippen LogP contribution in [0, 0.1) is 0 Å². The summed E-state index contributed by atoms with van der Waals surface area (Å²) in [5.41, 5.74) is 0. The van der Waals surface area contributed by atoms with E-state index in [0.29, 0.717) is 13.2 Å². The topological polar surface area (TPSA) is 78.8 Å². The fourth-order valence-corrected chi connectivity index (χ4v) is 1.91. The van der Waals surface area contributed by atoms with E-state index < -0.39 is 12.0 Å². The number of aliphatic carboxylic acids is 1. The second kappa shape index (κ2) is 7.60. The zero-order chi connectivity index (χ0) is 11.8. The Morgan fingerprint density at radius 3 is 2.75 bits per heavy atom. The summed E-state index contributed by atoms with van der Waals surface area (Å²) in [5.74, 6) is -0.831. The van der Waals surface area contributed by atoms with Crippen molar-refractivity contribution in [1.29, 1.82) is 0 Å². The van der Waals surface area contributed by atoms with Crippen molar-refractivity contribution >= 4 is 5.97 Å². The van der Waals surface area contributed by atoms with Gasteiger partial charge in [-0.25, -0.2) is 0 Å². The fourth-order valence-electron chi connectivity index (χ4n) is 1.91. The number of aliphatic hydroxyl groups is 1. The van der Waals surface area contributed by atoms with Crippen molar-refractivity contribution in [2.75, 3.05) is 19.8 Å². The molecule has 2 atom stereocenters. The predicted octanol–water partition coefficient (Wildman–Crippen LogP) is 0.371. The minimum Gasteiger partial charge on any atom is -0.480 e. The molecule has 1 saturated heterocycles. The Hall–Kier alpha value is -0.650. The van der Waals surface area contributed by atoms with Crippen LogP contribution < -0.4 is 5.32 Å². The van der Waals surface area contributed by atoms with E-state index in [4.69, 9.17) is 14.9 Å². The molecule has 1 rings (SSSR count). The molecule has 0 bridgehead atoms. The Morgan fingerprint density at radius 1 is 1.31 bits per heavy atom. The third-order valence-corrected chi connectivity index (χ3v) is 2.82. The lowest BCUT2D eigenvalue weighted by atomic mass is 10.1. The van der Waals surface area contributed by atoms with Gasteiger partial charge in [0.1, 0.15) is 6.04 Å². The highest BCUT2D eigenvalue weighted by atomic mass is 16.5. The first-order valence-electron chi connectivity index (χ1n) is 5.94. The molecule has 1 heterocycles. The summed E-state index contributed by atoms with van der Waals surface area (Å²) < 4.78 is 5.55. The van der Waals surface area contributed by atoms with E-state index in [1.54, 1.807) is 0 Å². The molecule has 1 aliphatic heterocycles. The number of rotatable bonds is 8. The van der Waals surface area contributed by atoms with E-state index in [-0.39, 0.29) is 12.7 Å². The normalized spacial score (nSPS) is 24.8. The van der Waals surface area contributed by atoms with E-state index in [1.807, 2.05) is 0 Å². The number of aliphatic hydroxyl groups excluding tert-OH is 1. The van der Waals surface area contributed by atoms with Gasteiger partial charge in [0.25, 0.3) is 0 Å². The average Bonchev–Trinajstić information content (AvgIpc) is 2.71. The second-order valence-corrected chi connectivity index (χ2v) is 4.11. The van der Waals surface area contributed by atoms with Gasteiger partial charge in [-0.3, -0.25) is 4.79 Å². The molecule has 1 aliphatic rings. The van der Waals surface area contributed by atoms with Crippen molar-refractivity contribution < 1.29 is 19.7 Å². The van der Waals surface area contributed by atoms with Crippen LogP contribution in [-0.2, 0) is 9.53 Å². The van der Waals surface area contributed by atoms with E-state index in [0.717, 1.165) is 32.1 Å². The van der Waals surface area contributed by atoms with Crippen LogP contribution in [-0.4, -0.2) is 48.1 Å². The molecule has 1 unspecified atom stereocenters. The van der Waals surface area contributed by atoms with E-state index in [1.165, 1.54) is 0 Å². The van der Waals surface area contributed by atoms with Gasteiger partial charge in [-0.05, 0) is 25.8 Å². The summed E-state index contributed by atoms with van der Waals surface area (Å²) in [6, 6.07) is -0.544. The Balaban J connectivity index is 2.05. The van der Waals surface area contributed by atoms with Gasteiger partial charge in [-0.2, -0.15) is 0 Å². The molecule has 0 aromatic heterocycles. The quantitative estimate of drug-likeness (QED) is 0.526.